The minimum absolute atomic E-state index is 0.112. The van der Waals surface area contributed by atoms with Crippen LogP contribution in [-0.4, -0.2) is 73.3 Å². The number of ether oxygens (including phenoxy) is 2. The van der Waals surface area contributed by atoms with Crippen molar-refractivity contribution in [3.8, 4) is 0 Å². The molecule has 2 rings (SSSR count). The van der Waals surface area contributed by atoms with Crippen molar-refractivity contribution in [2.24, 2.45) is 5.92 Å². The predicted molar refractivity (Wildman–Crippen MR) is 78.8 cm³/mol. The molecular formula is C15H30N2O3. The summed E-state index contributed by atoms with van der Waals surface area (Å²) in [6.45, 7) is 12.0. The van der Waals surface area contributed by atoms with Gasteiger partial charge in [0, 0.05) is 25.0 Å². The van der Waals surface area contributed by atoms with Gasteiger partial charge in [0.2, 0.25) is 0 Å². The molecule has 5 nitrogen and oxygen atoms in total. The predicted octanol–water partition coefficient (Wildman–Crippen LogP) is 0.471. The molecular weight excluding hydrogens is 256 g/mol. The molecule has 5 heteroatoms. The second-order valence-electron chi connectivity index (χ2n) is 7.09. The van der Waals surface area contributed by atoms with E-state index >= 15 is 0 Å². The number of rotatable bonds is 4. The topological polar surface area (TPSA) is 54.0 Å². The highest BCUT2D eigenvalue weighted by molar-refractivity contribution is 5.06. The van der Waals surface area contributed by atoms with Crippen molar-refractivity contribution in [3.05, 3.63) is 0 Å². The van der Waals surface area contributed by atoms with E-state index < -0.39 is 0 Å². The van der Waals surface area contributed by atoms with Crippen LogP contribution in [0.1, 0.15) is 27.7 Å². The van der Waals surface area contributed by atoms with Gasteiger partial charge >= 0.3 is 0 Å². The number of hydrogen-bond acceptors (Lipinski definition) is 5. The maximum absolute atomic E-state index is 9.52. The molecule has 0 amide bonds. The molecule has 20 heavy (non-hydrogen) atoms. The first kappa shape index (κ1) is 16.2. The van der Waals surface area contributed by atoms with Crippen LogP contribution in [0, 0.1) is 5.92 Å². The number of hydrogen-bond donors (Lipinski definition) is 2. The van der Waals surface area contributed by atoms with Gasteiger partial charge in [-0.1, -0.05) is 0 Å². The van der Waals surface area contributed by atoms with E-state index in [2.05, 4.69) is 37.9 Å². The summed E-state index contributed by atoms with van der Waals surface area (Å²) in [7, 11) is 2.01. The highest BCUT2D eigenvalue weighted by Gasteiger charge is 2.53. The lowest BCUT2D eigenvalue weighted by molar-refractivity contribution is -0.0860. The van der Waals surface area contributed by atoms with Crippen LogP contribution in [0.3, 0.4) is 0 Å². The fourth-order valence-electron chi connectivity index (χ4n) is 3.93. The Kier molecular flexibility index (Phi) is 4.76. The van der Waals surface area contributed by atoms with Gasteiger partial charge in [0.1, 0.15) is 0 Å². The fourth-order valence-corrected chi connectivity index (χ4v) is 3.93. The van der Waals surface area contributed by atoms with Crippen molar-refractivity contribution in [2.75, 3.05) is 40.0 Å². The number of nitrogens with zero attached hydrogens (tertiary/aromatic N) is 1. The van der Waals surface area contributed by atoms with Gasteiger partial charge in [-0.25, -0.2) is 0 Å². The first-order valence-electron chi connectivity index (χ1n) is 7.62. The summed E-state index contributed by atoms with van der Waals surface area (Å²) in [5.41, 5.74) is -0.348. The second-order valence-corrected chi connectivity index (χ2v) is 7.09. The van der Waals surface area contributed by atoms with E-state index in [1.54, 1.807) is 0 Å². The lowest BCUT2D eigenvalue weighted by Crippen LogP contribution is -2.55. The third-order valence-corrected chi connectivity index (χ3v) is 4.87. The average Bonchev–Trinajstić information content (AvgIpc) is 2.54. The largest absolute Gasteiger partial charge is 0.395 e. The van der Waals surface area contributed by atoms with Crippen LogP contribution in [0.5, 0.6) is 0 Å². The molecule has 2 N–H and O–H groups in total. The molecule has 2 fully saturated rings. The van der Waals surface area contributed by atoms with Gasteiger partial charge in [-0.05, 0) is 34.7 Å². The number of likely N-dealkylation sites (N-methyl/N-ethyl adjacent to an activating group) is 1. The Morgan fingerprint density at radius 2 is 1.95 bits per heavy atom. The van der Waals surface area contributed by atoms with Gasteiger partial charge in [0.15, 0.2) is 0 Å². The van der Waals surface area contributed by atoms with Crippen LogP contribution < -0.4 is 5.32 Å². The van der Waals surface area contributed by atoms with Crippen molar-refractivity contribution in [2.45, 2.75) is 51.0 Å². The molecule has 3 unspecified atom stereocenters. The normalized spacial score (nSPS) is 37.2. The van der Waals surface area contributed by atoms with E-state index in [0.29, 0.717) is 18.6 Å². The maximum Gasteiger partial charge on any atom is 0.0790 e. The zero-order valence-corrected chi connectivity index (χ0v) is 13.5. The van der Waals surface area contributed by atoms with Crippen LogP contribution in [0.2, 0.25) is 0 Å². The molecule has 3 atom stereocenters. The quantitative estimate of drug-likeness (QED) is 0.787. The SMILES string of the molecule is CNC1C(CN2CCOCC2CO)C(C)(C)OC1(C)C. The minimum Gasteiger partial charge on any atom is -0.395 e. The van der Waals surface area contributed by atoms with E-state index in [4.69, 9.17) is 9.47 Å². The summed E-state index contributed by atoms with van der Waals surface area (Å²) in [4.78, 5) is 2.35. The third kappa shape index (κ3) is 3.02. The van der Waals surface area contributed by atoms with E-state index in [0.717, 1.165) is 19.7 Å². The van der Waals surface area contributed by atoms with E-state index in [1.165, 1.54) is 0 Å². The summed E-state index contributed by atoms with van der Waals surface area (Å²) in [5, 5.41) is 13.0. The monoisotopic (exact) mass is 286 g/mol. The van der Waals surface area contributed by atoms with Gasteiger partial charge in [0.05, 0.1) is 37.1 Å². The van der Waals surface area contributed by atoms with Crippen molar-refractivity contribution in [1.29, 1.82) is 0 Å². The Morgan fingerprint density at radius 3 is 2.55 bits per heavy atom. The highest BCUT2D eigenvalue weighted by atomic mass is 16.5. The third-order valence-electron chi connectivity index (χ3n) is 4.87. The smallest absolute Gasteiger partial charge is 0.0790 e. The number of morpholine rings is 1. The van der Waals surface area contributed by atoms with Crippen LogP contribution in [0.15, 0.2) is 0 Å². The molecule has 0 radical (unpaired) electrons. The molecule has 0 saturated carbocycles. The Labute approximate surface area is 122 Å². The van der Waals surface area contributed by atoms with Gasteiger partial charge < -0.3 is 19.9 Å². The molecule has 2 aliphatic rings. The van der Waals surface area contributed by atoms with Crippen LogP contribution in [0.4, 0.5) is 0 Å². The molecule has 2 heterocycles. The van der Waals surface area contributed by atoms with Crippen LogP contribution in [0.25, 0.3) is 0 Å². The summed E-state index contributed by atoms with van der Waals surface area (Å²) in [6.07, 6.45) is 0. The lowest BCUT2D eigenvalue weighted by atomic mass is 9.82. The molecule has 0 aromatic carbocycles. The number of nitrogens with one attached hydrogen (secondary N) is 1. The molecule has 0 spiro atoms. The fraction of sp³-hybridized carbons (Fsp3) is 1.00. The summed E-state index contributed by atoms with van der Waals surface area (Å²) >= 11 is 0. The van der Waals surface area contributed by atoms with Crippen molar-refractivity contribution in [1.82, 2.24) is 10.2 Å². The Morgan fingerprint density at radius 1 is 1.25 bits per heavy atom. The summed E-state index contributed by atoms with van der Waals surface area (Å²) in [5.74, 6) is 0.384. The van der Waals surface area contributed by atoms with E-state index in [9.17, 15) is 5.11 Å². The first-order valence-corrected chi connectivity index (χ1v) is 7.62. The molecule has 0 aromatic rings. The van der Waals surface area contributed by atoms with Crippen LogP contribution >= 0.6 is 0 Å². The van der Waals surface area contributed by atoms with Gasteiger partial charge in [-0.3, -0.25) is 4.90 Å². The van der Waals surface area contributed by atoms with E-state index in [1.807, 2.05) is 7.05 Å². The minimum atomic E-state index is -0.177. The number of aliphatic hydroxyl groups excluding tert-OH is 1. The molecule has 2 aliphatic heterocycles. The maximum atomic E-state index is 9.52. The molecule has 118 valence electrons. The van der Waals surface area contributed by atoms with Gasteiger partial charge in [-0.15, -0.1) is 0 Å². The van der Waals surface area contributed by atoms with Crippen molar-refractivity contribution >= 4 is 0 Å². The van der Waals surface area contributed by atoms with Gasteiger partial charge in [-0.2, -0.15) is 0 Å². The van der Waals surface area contributed by atoms with Gasteiger partial charge in [0.25, 0.3) is 0 Å². The molecule has 0 aliphatic carbocycles. The summed E-state index contributed by atoms with van der Waals surface area (Å²) < 4.78 is 11.7. The van der Waals surface area contributed by atoms with Crippen molar-refractivity contribution < 1.29 is 14.6 Å². The molecule has 0 bridgehead atoms. The van der Waals surface area contributed by atoms with E-state index in [-0.39, 0.29) is 23.9 Å². The standard InChI is InChI=1S/C15H30N2O3/c1-14(2)12(13(16-5)15(3,4)20-14)8-17-6-7-19-10-11(17)9-18/h11-13,16,18H,6-10H2,1-5H3. The number of aliphatic hydroxyl groups is 1. The molecule has 2 saturated heterocycles. The van der Waals surface area contributed by atoms with Crippen LogP contribution in [-0.2, 0) is 9.47 Å². The first-order chi connectivity index (χ1) is 9.31. The van der Waals surface area contributed by atoms with Crippen molar-refractivity contribution in [3.63, 3.8) is 0 Å². The lowest BCUT2D eigenvalue weighted by Gasteiger charge is -2.40. The Bertz CT molecular complexity index is 333. The zero-order chi connectivity index (χ0) is 15.0. The Balaban J connectivity index is 2.13. The average molecular weight is 286 g/mol. The Hall–Kier alpha value is -0.200. The second kappa shape index (κ2) is 5.89. The highest BCUT2D eigenvalue weighted by Crippen LogP contribution is 2.42. The molecule has 0 aromatic heterocycles. The summed E-state index contributed by atoms with van der Waals surface area (Å²) in [6, 6.07) is 0.417. The zero-order valence-electron chi connectivity index (χ0n) is 13.5.